The van der Waals surface area contributed by atoms with Gasteiger partial charge >= 0.3 is 0 Å². The van der Waals surface area contributed by atoms with Crippen molar-refractivity contribution in [3.05, 3.63) is 63.7 Å². The van der Waals surface area contributed by atoms with Crippen molar-refractivity contribution in [3.8, 4) is 0 Å². The quantitative estimate of drug-likeness (QED) is 0.684. The minimum atomic E-state index is -3.71. The SMILES string of the molecule is CC[C@H](NC(=O)[C@H](C)N(c1cc(Cl)ccc1C)S(C)(=O)=O)c1ccc(C)c(C)c1. The lowest BCUT2D eigenvalue weighted by Crippen LogP contribution is -2.48. The van der Waals surface area contributed by atoms with Crippen LogP contribution in [0.3, 0.4) is 0 Å². The van der Waals surface area contributed by atoms with E-state index in [1.165, 1.54) is 5.56 Å². The van der Waals surface area contributed by atoms with Crippen LogP contribution >= 0.6 is 11.6 Å². The molecule has 5 nitrogen and oxygen atoms in total. The van der Waals surface area contributed by atoms with Crippen LogP contribution in [0.1, 0.15) is 48.6 Å². The monoisotopic (exact) mass is 436 g/mol. The van der Waals surface area contributed by atoms with Crippen molar-refractivity contribution in [2.45, 2.75) is 53.1 Å². The molecular weight excluding hydrogens is 408 g/mol. The third-order valence-corrected chi connectivity index (χ3v) is 6.62. The first kappa shape index (κ1) is 23.2. The highest BCUT2D eigenvalue weighted by Gasteiger charge is 2.31. The van der Waals surface area contributed by atoms with Crippen LogP contribution in [0.5, 0.6) is 0 Å². The number of carbonyl (C=O) groups excluding carboxylic acids is 1. The van der Waals surface area contributed by atoms with Crippen LogP contribution in [0, 0.1) is 20.8 Å². The maximum Gasteiger partial charge on any atom is 0.244 e. The van der Waals surface area contributed by atoms with Gasteiger partial charge in [-0.15, -0.1) is 0 Å². The molecule has 0 aliphatic heterocycles. The predicted molar refractivity (Wildman–Crippen MR) is 120 cm³/mol. The van der Waals surface area contributed by atoms with Gasteiger partial charge in [-0.1, -0.05) is 42.8 Å². The molecular formula is C22H29ClN2O3S. The fraction of sp³-hybridized carbons (Fsp3) is 0.409. The number of rotatable bonds is 7. The molecule has 2 aromatic carbocycles. The first-order valence-electron chi connectivity index (χ1n) is 9.58. The molecule has 1 N–H and O–H groups in total. The number of halogens is 1. The average molecular weight is 437 g/mol. The van der Waals surface area contributed by atoms with Gasteiger partial charge in [0.25, 0.3) is 0 Å². The summed E-state index contributed by atoms with van der Waals surface area (Å²) >= 11 is 6.09. The third-order valence-electron chi connectivity index (χ3n) is 5.16. The van der Waals surface area contributed by atoms with Gasteiger partial charge in [-0.3, -0.25) is 9.10 Å². The highest BCUT2D eigenvalue weighted by Crippen LogP contribution is 2.29. The van der Waals surface area contributed by atoms with Gasteiger partial charge in [0.05, 0.1) is 18.0 Å². The van der Waals surface area contributed by atoms with E-state index in [1.807, 2.05) is 32.9 Å². The maximum atomic E-state index is 13.0. The van der Waals surface area contributed by atoms with Crippen molar-refractivity contribution in [2.24, 2.45) is 0 Å². The smallest absolute Gasteiger partial charge is 0.244 e. The Morgan fingerprint density at radius 1 is 1.07 bits per heavy atom. The third kappa shape index (κ3) is 5.52. The summed E-state index contributed by atoms with van der Waals surface area (Å²) in [4.78, 5) is 13.0. The molecule has 0 radical (unpaired) electrons. The molecule has 0 saturated carbocycles. The van der Waals surface area contributed by atoms with Gasteiger partial charge < -0.3 is 5.32 Å². The molecule has 158 valence electrons. The van der Waals surface area contributed by atoms with E-state index in [0.29, 0.717) is 17.1 Å². The lowest BCUT2D eigenvalue weighted by Gasteiger charge is -2.31. The van der Waals surface area contributed by atoms with Crippen molar-refractivity contribution in [1.82, 2.24) is 5.32 Å². The molecule has 2 rings (SSSR count). The number of aryl methyl sites for hydroxylation is 3. The summed E-state index contributed by atoms with van der Waals surface area (Å²) in [5.41, 5.74) is 4.46. The van der Waals surface area contributed by atoms with Crippen molar-refractivity contribution in [2.75, 3.05) is 10.6 Å². The van der Waals surface area contributed by atoms with Crippen molar-refractivity contribution < 1.29 is 13.2 Å². The summed E-state index contributed by atoms with van der Waals surface area (Å²) in [6, 6.07) is 9.96. The van der Waals surface area contributed by atoms with Crippen molar-refractivity contribution in [3.63, 3.8) is 0 Å². The minimum Gasteiger partial charge on any atom is -0.347 e. The highest BCUT2D eigenvalue weighted by molar-refractivity contribution is 7.92. The largest absolute Gasteiger partial charge is 0.347 e. The molecule has 2 aromatic rings. The van der Waals surface area contributed by atoms with Gasteiger partial charge in [0.15, 0.2) is 0 Å². The first-order chi connectivity index (χ1) is 13.5. The Kier molecular flexibility index (Phi) is 7.35. The summed E-state index contributed by atoms with van der Waals surface area (Å²) in [7, 11) is -3.71. The highest BCUT2D eigenvalue weighted by atomic mass is 35.5. The number of anilines is 1. The molecule has 0 aliphatic carbocycles. The Balaban J connectivity index is 2.35. The van der Waals surface area contributed by atoms with Crippen LogP contribution in [-0.2, 0) is 14.8 Å². The molecule has 29 heavy (non-hydrogen) atoms. The zero-order valence-corrected chi connectivity index (χ0v) is 19.4. The summed E-state index contributed by atoms with van der Waals surface area (Å²) in [6.07, 6.45) is 1.79. The molecule has 0 unspecified atom stereocenters. The van der Waals surface area contributed by atoms with Crippen molar-refractivity contribution >= 4 is 33.2 Å². The fourth-order valence-electron chi connectivity index (χ4n) is 3.30. The Labute approximate surface area is 179 Å². The fourth-order valence-corrected chi connectivity index (χ4v) is 4.69. The number of nitrogens with zero attached hydrogens (tertiary/aromatic N) is 1. The number of hydrogen-bond donors (Lipinski definition) is 1. The van der Waals surface area contributed by atoms with E-state index in [9.17, 15) is 13.2 Å². The first-order valence-corrected chi connectivity index (χ1v) is 11.8. The molecule has 7 heteroatoms. The van der Waals surface area contributed by atoms with Crippen LogP contribution in [0.4, 0.5) is 5.69 Å². The summed E-state index contributed by atoms with van der Waals surface area (Å²) in [6.45, 7) is 9.43. The lowest BCUT2D eigenvalue weighted by molar-refractivity contribution is -0.122. The van der Waals surface area contributed by atoms with E-state index in [0.717, 1.165) is 27.3 Å². The second-order valence-corrected chi connectivity index (χ2v) is 9.77. The van der Waals surface area contributed by atoms with Crippen LogP contribution in [0.25, 0.3) is 0 Å². The standard InChI is InChI=1S/C22H29ClN2O3S/c1-7-20(18-10-8-14(2)16(4)12-18)24-22(26)17(5)25(29(6,27)28)21-13-19(23)11-9-15(21)3/h8-13,17,20H,7H2,1-6H3,(H,24,26)/t17-,20-/m0/s1. The maximum absolute atomic E-state index is 13.0. The molecule has 0 heterocycles. The molecule has 2 atom stereocenters. The van der Waals surface area contributed by atoms with Gasteiger partial charge in [-0.2, -0.15) is 0 Å². The summed E-state index contributed by atoms with van der Waals surface area (Å²) in [5, 5.41) is 3.42. The molecule has 1 amide bonds. The minimum absolute atomic E-state index is 0.203. The molecule has 0 saturated heterocycles. The number of carbonyl (C=O) groups is 1. The number of benzene rings is 2. The van der Waals surface area contributed by atoms with Crippen molar-refractivity contribution in [1.29, 1.82) is 0 Å². The van der Waals surface area contributed by atoms with Gasteiger partial charge in [0.2, 0.25) is 15.9 Å². The normalized spacial score (nSPS) is 13.6. The summed E-state index contributed by atoms with van der Waals surface area (Å²) in [5.74, 6) is -0.361. The number of hydrogen-bond acceptors (Lipinski definition) is 3. The van der Waals surface area contributed by atoms with E-state index in [4.69, 9.17) is 11.6 Å². The Bertz CT molecular complexity index is 1010. The van der Waals surface area contributed by atoms with E-state index >= 15 is 0 Å². The van der Waals surface area contributed by atoms with Gasteiger partial charge in [-0.05, 0) is 68.5 Å². The van der Waals surface area contributed by atoms with Gasteiger partial charge in [0, 0.05) is 5.02 Å². The summed E-state index contributed by atoms with van der Waals surface area (Å²) < 4.78 is 26.2. The molecule has 0 aliphatic rings. The Hall–Kier alpha value is -2.05. The Morgan fingerprint density at radius 2 is 1.69 bits per heavy atom. The second-order valence-electron chi connectivity index (χ2n) is 7.48. The molecule has 0 bridgehead atoms. The van der Waals surface area contributed by atoms with Crippen LogP contribution in [-0.4, -0.2) is 26.6 Å². The number of amides is 1. The number of sulfonamides is 1. The molecule has 0 spiro atoms. The topological polar surface area (TPSA) is 66.5 Å². The average Bonchev–Trinajstić information content (AvgIpc) is 2.63. The van der Waals surface area contributed by atoms with Gasteiger partial charge in [-0.25, -0.2) is 8.42 Å². The lowest BCUT2D eigenvalue weighted by atomic mass is 9.99. The van der Waals surface area contributed by atoms with Gasteiger partial charge in [0.1, 0.15) is 6.04 Å². The zero-order chi connectivity index (χ0) is 21.9. The molecule has 0 fully saturated rings. The Morgan fingerprint density at radius 3 is 2.24 bits per heavy atom. The van der Waals surface area contributed by atoms with Crippen LogP contribution < -0.4 is 9.62 Å². The van der Waals surface area contributed by atoms with E-state index in [2.05, 4.69) is 11.4 Å². The van der Waals surface area contributed by atoms with Crippen LogP contribution in [0.2, 0.25) is 5.02 Å². The van der Waals surface area contributed by atoms with Crippen LogP contribution in [0.15, 0.2) is 36.4 Å². The van der Waals surface area contributed by atoms with E-state index < -0.39 is 16.1 Å². The van der Waals surface area contributed by atoms with E-state index in [-0.39, 0.29) is 11.9 Å². The number of nitrogens with one attached hydrogen (secondary N) is 1. The zero-order valence-electron chi connectivity index (χ0n) is 17.8. The predicted octanol–water partition coefficient (Wildman–Crippen LogP) is 4.69. The molecule has 0 aromatic heterocycles. The second kappa shape index (κ2) is 9.18. The van der Waals surface area contributed by atoms with E-state index in [1.54, 1.807) is 32.0 Å².